The van der Waals surface area contributed by atoms with Gasteiger partial charge in [-0.3, -0.25) is 0 Å². The van der Waals surface area contributed by atoms with Crippen LogP contribution in [0.1, 0.15) is 57.7 Å². The Kier molecular flexibility index (Phi) is 3.56. The van der Waals surface area contributed by atoms with E-state index in [1.54, 1.807) is 7.11 Å². The highest BCUT2D eigenvalue weighted by Gasteiger charge is 2.63. The summed E-state index contributed by atoms with van der Waals surface area (Å²) < 4.78 is 5.36. The van der Waals surface area contributed by atoms with Crippen LogP contribution in [0.25, 0.3) is 0 Å². The molecule has 0 spiro atoms. The fourth-order valence-electron chi connectivity index (χ4n) is 4.23. The molecule has 0 aliphatic heterocycles. The van der Waals surface area contributed by atoms with E-state index >= 15 is 0 Å². The molecule has 0 saturated heterocycles. The number of nitrogens with one attached hydrogen (secondary N) is 1. The first kappa shape index (κ1) is 14.9. The number of hydrogen-bond acceptors (Lipinski definition) is 2. The van der Waals surface area contributed by atoms with Gasteiger partial charge in [-0.25, -0.2) is 0 Å². The third-order valence-corrected chi connectivity index (χ3v) is 6.55. The molecular weight excluding hydrogens is 258 g/mol. The van der Waals surface area contributed by atoms with Crippen LogP contribution >= 0.6 is 0 Å². The van der Waals surface area contributed by atoms with E-state index in [0.717, 1.165) is 18.2 Å². The van der Waals surface area contributed by atoms with Gasteiger partial charge in [-0.05, 0) is 65.8 Å². The van der Waals surface area contributed by atoms with E-state index in [4.69, 9.17) is 4.74 Å². The van der Waals surface area contributed by atoms with E-state index in [0.29, 0.717) is 16.9 Å². The number of methoxy groups -OCH3 is 1. The topological polar surface area (TPSA) is 21.3 Å². The Morgan fingerprint density at radius 3 is 2.52 bits per heavy atom. The Balaban J connectivity index is 1.69. The largest absolute Gasteiger partial charge is 0.497 e. The number of rotatable bonds is 4. The van der Waals surface area contributed by atoms with Gasteiger partial charge in [-0.15, -0.1) is 0 Å². The first-order chi connectivity index (χ1) is 9.88. The minimum atomic E-state index is 0.470. The van der Waals surface area contributed by atoms with Crippen LogP contribution in [0.5, 0.6) is 5.75 Å². The average Bonchev–Trinajstić information content (AvgIpc) is 2.85. The maximum absolute atomic E-state index is 5.36. The molecule has 116 valence electrons. The molecule has 0 amide bonds. The zero-order chi connectivity index (χ0) is 15.3. The van der Waals surface area contributed by atoms with Gasteiger partial charge in [0.05, 0.1) is 7.11 Å². The van der Waals surface area contributed by atoms with Crippen molar-refractivity contribution in [3.8, 4) is 5.75 Å². The number of benzene rings is 1. The van der Waals surface area contributed by atoms with Crippen LogP contribution < -0.4 is 10.1 Å². The highest BCUT2D eigenvalue weighted by atomic mass is 16.5. The molecule has 1 unspecified atom stereocenters. The summed E-state index contributed by atoms with van der Waals surface area (Å²) in [5.74, 6) is 1.77. The molecule has 0 heterocycles. The van der Waals surface area contributed by atoms with Crippen molar-refractivity contribution in [3.05, 3.63) is 29.3 Å². The third-order valence-electron chi connectivity index (χ3n) is 6.55. The van der Waals surface area contributed by atoms with Crippen LogP contribution in [0.15, 0.2) is 18.2 Å². The first-order valence-electron chi connectivity index (χ1n) is 8.28. The lowest BCUT2D eigenvalue weighted by molar-refractivity contribution is 0.407. The van der Waals surface area contributed by atoms with E-state index in [1.165, 1.54) is 30.4 Å². The van der Waals surface area contributed by atoms with Crippen molar-refractivity contribution in [2.75, 3.05) is 13.7 Å². The Morgan fingerprint density at radius 2 is 1.90 bits per heavy atom. The standard InChI is InChI=1S/C19H29NO/c1-18(2)17(19(18,3)4)12-20-16-8-6-7-13-11-14(21-5)9-10-15(13)16/h9-11,16-17,20H,6-8,12H2,1-5H3. The van der Waals surface area contributed by atoms with E-state index < -0.39 is 0 Å². The van der Waals surface area contributed by atoms with Gasteiger partial charge in [0.25, 0.3) is 0 Å². The molecule has 1 N–H and O–H groups in total. The summed E-state index contributed by atoms with van der Waals surface area (Å²) in [7, 11) is 1.75. The maximum atomic E-state index is 5.36. The second-order valence-corrected chi connectivity index (χ2v) is 7.91. The summed E-state index contributed by atoms with van der Waals surface area (Å²) in [5, 5.41) is 3.85. The predicted octanol–water partition coefficient (Wildman–Crippen LogP) is 4.34. The minimum absolute atomic E-state index is 0.470. The zero-order valence-corrected chi connectivity index (χ0v) is 14.1. The minimum Gasteiger partial charge on any atom is -0.497 e. The molecule has 3 rings (SSSR count). The molecular formula is C19H29NO. The SMILES string of the molecule is COc1ccc2c(c1)CCCC2NCC1C(C)(C)C1(C)C. The van der Waals surface area contributed by atoms with Gasteiger partial charge in [0.1, 0.15) is 5.75 Å². The van der Waals surface area contributed by atoms with Gasteiger partial charge < -0.3 is 10.1 Å². The van der Waals surface area contributed by atoms with Crippen molar-refractivity contribution in [2.45, 2.75) is 53.0 Å². The smallest absolute Gasteiger partial charge is 0.119 e. The normalized spacial score (nSPS) is 26.2. The van der Waals surface area contributed by atoms with E-state index in [9.17, 15) is 0 Å². The summed E-state index contributed by atoms with van der Waals surface area (Å²) >= 11 is 0. The summed E-state index contributed by atoms with van der Waals surface area (Å²) in [6.07, 6.45) is 3.72. The van der Waals surface area contributed by atoms with Gasteiger partial charge in [0, 0.05) is 6.04 Å². The van der Waals surface area contributed by atoms with Crippen LogP contribution in [0.4, 0.5) is 0 Å². The molecule has 2 aliphatic carbocycles. The monoisotopic (exact) mass is 287 g/mol. The van der Waals surface area contributed by atoms with E-state index in [1.807, 2.05) is 0 Å². The quantitative estimate of drug-likeness (QED) is 0.889. The van der Waals surface area contributed by atoms with Crippen LogP contribution in [-0.2, 0) is 6.42 Å². The summed E-state index contributed by atoms with van der Waals surface area (Å²) in [5.41, 5.74) is 3.89. The second kappa shape index (κ2) is 5.01. The Hall–Kier alpha value is -1.02. The van der Waals surface area contributed by atoms with Crippen LogP contribution in [0.3, 0.4) is 0 Å². The fraction of sp³-hybridized carbons (Fsp3) is 0.684. The van der Waals surface area contributed by atoms with Crippen molar-refractivity contribution in [1.82, 2.24) is 5.32 Å². The summed E-state index contributed by atoms with van der Waals surface area (Å²) in [6.45, 7) is 10.7. The van der Waals surface area contributed by atoms with Crippen molar-refractivity contribution in [3.63, 3.8) is 0 Å². The molecule has 2 nitrogen and oxygen atoms in total. The van der Waals surface area contributed by atoms with E-state index in [2.05, 4.69) is 51.2 Å². The number of ether oxygens (including phenoxy) is 1. The molecule has 21 heavy (non-hydrogen) atoms. The summed E-state index contributed by atoms with van der Waals surface area (Å²) in [6, 6.07) is 7.10. The van der Waals surface area contributed by atoms with E-state index in [-0.39, 0.29) is 0 Å². The molecule has 2 heteroatoms. The van der Waals surface area contributed by atoms with Crippen molar-refractivity contribution >= 4 is 0 Å². The third kappa shape index (κ3) is 2.38. The molecule has 1 atom stereocenters. The lowest BCUT2D eigenvalue weighted by Crippen LogP contribution is -2.28. The highest BCUT2D eigenvalue weighted by Crippen LogP contribution is 2.68. The average molecular weight is 287 g/mol. The van der Waals surface area contributed by atoms with Crippen molar-refractivity contribution < 1.29 is 4.74 Å². The molecule has 1 aromatic carbocycles. The Bertz CT molecular complexity index is 518. The highest BCUT2D eigenvalue weighted by molar-refractivity contribution is 5.39. The summed E-state index contributed by atoms with van der Waals surface area (Å²) in [4.78, 5) is 0. The molecule has 1 saturated carbocycles. The van der Waals surface area contributed by atoms with Crippen LogP contribution in [0, 0.1) is 16.7 Å². The zero-order valence-electron chi connectivity index (χ0n) is 14.1. The predicted molar refractivity (Wildman–Crippen MR) is 87.7 cm³/mol. The lowest BCUT2D eigenvalue weighted by atomic mass is 9.87. The Morgan fingerprint density at radius 1 is 1.19 bits per heavy atom. The lowest BCUT2D eigenvalue weighted by Gasteiger charge is -2.27. The molecule has 1 aromatic rings. The molecule has 2 aliphatic rings. The van der Waals surface area contributed by atoms with Gasteiger partial charge in [0.15, 0.2) is 0 Å². The Labute approximate surface area is 129 Å². The number of aryl methyl sites for hydroxylation is 1. The molecule has 1 fully saturated rings. The second-order valence-electron chi connectivity index (χ2n) is 7.91. The maximum Gasteiger partial charge on any atom is 0.119 e. The van der Waals surface area contributed by atoms with Gasteiger partial charge in [0.2, 0.25) is 0 Å². The van der Waals surface area contributed by atoms with Crippen molar-refractivity contribution in [2.24, 2.45) is 16.7 Å². The van der Waals surface area contributed by atoms with Crippen molar-refractivity contribution in [1.29, 1.82) is 0 Å². The first-order valence-corrected chi connectivity index (χ1v) is 8.28. The number of fused-ring (bicyclic) bond motifs is 1. The number of hydrogen-bond donors (Lipinski definition) is 1. The van der Waals surface area contributed by atoms with Gasteiger partial charge in [-0.2, -0.15) is 0 Å². The van der Waals surface area contributed by atoms with Gasteiger partial charge in [-0.1, -0.05) is 33.8 Å². The molecule has 0 bridgehead atoms. The molecule has 0 radical (unpaired) electrons. The van der Waals surface area contributed by atoms with Gasteiger partial charge >= 0.3 is 0 Å². The van der Waals surface area contributed by atoms with Crippen LogP contribution in [0.2, 0.25) is 0 Å². The molecule has 0 aromatic heterocycles. The fourth-order valence-corrected chi connectivity index (χ4v) is 4.23. The van der Waals surface area contributed by atoms with Crippen LogP contribution in [-0.4, -0.2) is 13.7 Å².